The Bertz CT molecular complexity index is 868. The molecule has 1 heterocycles. The number of carbonyl (C=O) groups excluding carboxylic acids is 2. The minimum absolute atomic E-state index is 0.166. The first-order valence-electron chi connectivity index (χ1n) is 8.35. The van der Waals surface area contributed by atoms with Crippen LogP contribution in [0.15, 0.2) is 24.3 Å². The Morgan fingerprint density at radius 2 is 1.92 bits per heavy atom. The average Bonchev–Trinajstić information content (AvgIpc) is 2.79. The molecule has 0 saturated heterocycles. The van der Waals surface area contributed by atoms with Gasteiger partial charge >= 0.3 is 5.97 Å². The highest BCUT2D eigenvalue weighted by molar-refractivity contribution is 7.16. The maximum Gasteiger partial charge on any atom is 0.338 e. The number of halogens is 1. The Balaban J connectivity index is 1.62. The molecule has 1 aliphatic carbocycles. The molecular formula is C19H17FN2O3S. The smallest absolute Gasteiger partial charge is 0.338 e. The summed E-state index contributed by atoms with van der Waals surface area (Å²) in [6.45, 7) is -0.469. The van der Waals surface area contributed by atoms with E-state index in [2.05, 4.69) is 11.4 Å². The topological polar surface area (TPSA) is 79.2 Å². The van der Waals surface area contributed by atoms with Crippen molar-refractivity contribution in [2.75, 3.05) is 11.9 Å². The minimum atomic E-state index is -0.706. The van der Waals surface area contributed by atoms with Crippen LogP contribution < -0.4 is 5.32 Å². The third-order valence-electron chi connectivity index (χ3n) is 4.20. The highest BCUT2D eigenvalue weighted by Gasteiger charge is 2.21. The molecule has 0 aliphatic heterocycles. The number of amides is 1. The van der Waals surface area contributed by atoms with E-state index in [1.165, 1.54) is 23.5 Å². The van der Waals surface area contributed by atoms with Crippen LogP contribution in [0.3, 0.4) is 0 Å². The van der Waals surface area contributed by atoms with Gasteiger partial charge in [-0.2, -0.15) is 5.26 Å². The van der Waals surface area contributed by atoms with E-state index in [4.69, 9.17) is 4.74 Å². The summed E-state index contributed by atoms with van der Waals surface area (Å²) in [4.78, 5) is 25.1. The maximum atomic E-state index is 12.9. The quantitative estimate of drug-likeness (QED) is 0.654. The number of rotatable bonds is 4. The molecule has 3 rings (SSSR count). The molecule has 1 aliphatic rings. The molecule has 0 spiro atoms. The van der Waals surface area contributed by atoms with Crippen molar-refractivity contribution >= 4 is 28.2 Å². The SMILES string of the molecule is N#Cc1c(NC(=O)COC(=O)c2ccc(F)cc2)sc2c1CCCCC2. The molecule has 1 aromatic heterocycles. The van der Waals surface area contributed by atoms with Crippen LogP contribution in [0.5, 0.6) is 0 Å². The van der Waals surface area contributed by atoms with Gasteiger partial charge in [-0.25, -0.2) is 9.18 Å². The number of aryl methyl sites for hydroxylation is 1. The number of esters is 1. The second-order valence-corrected chi connectivity index (χ2v) is 7.12. The van der Waals surface area contributed by atoms with Gasteiger partial charge in [0.15, 0.2) is 6.61 Å². The molecule has 5 nitrogen and oxygen atoms in total. The van der Waals surface area contributed by atoms with E-state index in [-0.39, 0.29) is 5.56 Å². The van der Waals surface area contributed by atoms with E-state index < -0.39 is 24.3 Å². The fourth-order valence-electron chi connectivity index (χ4n) is 2.91. The number of benzene rings is 1. The van der Waals surface area contributed by atoms with Gasteiger partial charge in [-0.3, -0.25) is 4.79 Å². The van der Waals surface area contributed by atoms with Crippen LogP contribution >= 0.6 is 11.3 Å². The molecule has 26 heavy (non-hydrogen) atoms. The van der Waals surface area contributed by atoms with Gasteiger partial charge in [0.1, 0.15) is 16.9 Å². The first-order valence-corrected chi connectivity index (χ1v) is 9.17. The van der Waals surface area contributed by atoms with Crippen molar-refractivity contribution in [3.05, 3.63) is 51.7 Å². The summed E-state index contributed by atoms with van der Waals surface area (Å²) in [7, 11) is 0. The first-order chi connectivity index (χ1) is 12.6. The predicted molar refractivity (Wildman–Crippen MR) is 95.6 cm³/mol. The lowest BCUT2D eigenvalue weighted by Gasteiger charge is -2.06. The molecule has 0 atom stereocenters. The second kappa shape index (κ2) is 8.11. The van der Waals surface area contributed by atoms with Crippen LogP contribution in [-0.2, 0) is 22.4 Å². The summed E-state index contributed by atoms with van der Waals surface area (Å²) < 4.78 is 17.8. The van der Waals surface area contributed by atoms with Gasteiger partial charge in [-0.15, -0.1) is 11.3 Å². The molecule has 1 amide bonds. The van der Waals surface area contributed by atoms with Crippen LogP contribution in [0.25, 0.3) is 0 Å². The maximum absolute atomic E-state index is 12.9. The number of thiophene rings is 1. The Kier molecular flexibility index (Phi) is 5.64. The van der Waals surface area contributed by atoms with Crippen molar-refractivity contribution < 1.29 is 18.7 Å². The average molecular weight is 372 g/mol. The third-order valence-corrected chi connectivity index (χ3v) is 5.41. The number of nitrogens with one attached hydrogen (secondary N) is 1. The Morgan fingerprint density at radius 1 is 1.19 bits per heavy atom. The lowest BCUT2D eigenvalue weighted by Crippen LogP contribution is -2.20. The fourth-order valence-corrected chi connectivity index (χ4v) is 4.17. The van der Waals surface area contributed by atoms with Crippen molar-refractivity contribution in [1.82, 2.24) is 0 Å². The van der Waals surface area contributed by atoms with Gasteiger partial charge in [-0.05, 0) is 55.5 Å². The summed E-state index contributed by atoms with van der Waals surface area (Å²) in [5, 5.41) is 12.6. The normalized spacial score (nSPS) is 13.2. The predicted octanol–water partition coefficient (Wildman–Crippen LogP) is 3.82. The molecular weight excluding hydrogens is 355 g/mol. The fraction of sp³-hybridized carbons (Fsp3) is 0.316. The summed E-state index contributed by atoms with van der Waals surface area (Å²) in [5.74, 6) is -1.67. The van der Waals surface area contributed by atoms with E-state index in [1.54, 1.807) is 0 Å². The Morgan fingerprint density at radius 3 is 2.65 bits per heavy atom. The summed E-state index contributed by atoms with van der Waals surface area (Å²) in [6, 6.07) is 7.06. The lowest BCUT2D eigenvalue weighted by atomic mass is 10.1. The van der Waals surface area contributed by atoms with Gasteiger partial charge in [0.2, 0.25) is 0 Å². The van der Waals surface area contributed by atoms with Crippen LogP contribution in [0.2, 0.25) is 0 Å². The number of carbonyl (C=O) groups is 2. The molecule has 0 bridgehead atoms. The molecule has 2 aromatic rings. The van der Waals surface area contributed by atoms with E-state index >= 15 is 0 Å². The highest BCUT2D eigenvalue weighted by atomic mass is 32.1. The van der Waals surface area contributed by atoms with Crippen molar-refractivity contribution in [1.29, 1.82) is 5.26 Å². The lowest BCUT2D eigenvalue weighted by molar-refractivity contribution is -0.119. The zero-order chi connectivity index (χ0) is 18.5. The van der Waals surface area contributed by atoms with Crippen molar-refractivity contribution in [3.63, 3.8) is 0 Å². The van der Waals surface area contributed by atoms with E-state index in [0.717, 1.165) is 54.7 Å². The van der Waals surface area contributed by atoms with E-state index in [1.807, 2.05) is 0 Å². The van der Waals surface area contributed by atoms with Crippen LogP contribution in [0.4, 0.5) is 9.39 Å². The van der Waals surface area contributed by atoms with Gasteiger partial charge in [0, 0.05) is 4.88 Å². The number of hydrogen-bond donors (Lipinski definition) is 1. The number of nitriles is 1. The number of fused-ring (bicyclic) bond motifs is 1. The van der Waals surface area contributed by atoms with Crippen LogP contribution in [0, 0.1) is 17.1 Å². The Hall–Kier alpha value is -2.72. The highest BCUT2D eigenvalue weighted by Crippen LogP contribution is 2.36. The van der Waals surface area contributed by atoms with E-state index in [0.29, 0.717) is 10.6 Å². The summed E-state index contributed by atoms with van der Waals surface area (Å²) in [5.41, 5.74) is 1.72. The van der Waals surface area contributed by atoms with Gasteiger partial charge in [0.25, 0.3) is 5.91 Å². The molecule has 1 N–H and O–H groups in total. The van der Waals surface area contributed by atoms with E-state index in [9.17, 15) is 19.2 Å². The van der Waals surface area contributed by atoms with Crippen molar-refractivity contribution in [2.24, 2.45) is 0 Å². The van der Waals surface area contributed by atoms with Gasteiger partial charge < -0.3 is 10.1 Å². The standard InChI is InChI=1S/C19H17FN2O3S/c20-13-8-6-12(7-9-13)19(24)25-11-17(23)22-18-15(10-21)14-4-2-1-3-5-16(14)26-18/h6-9H,1-5,11H2,(H,22,23). The van der Waals surface area contributed by atoms with Crippen LogP contribution in [0.1, 0.15) is 45.6 Å². The largest absolute Gasteiger partial charge is 0.452 e. The second-order valence-electron chi connectivity index (χ2n) is 6.01. The monoisotopic (exact) mass is 372 g/mol. The molecule has 0 saturated carbocycles. The zero-order valence-corrected chi connectivity index (χ0v) is 14.8. The minimum Gasteiger partial charge on any atom is -0.452 e. The third kappa shape index (κ3) is 4.09. The number of nitrogens with zero attached hydrogens (tertiary/aromatic N) is 1. The number of anilines is 1. The molecule has 7 heteroatoms. The zero-order valence-electron chi connectivity index (χ0n) is 14.0. The molecule has 134 valence electrons. The van der Waals surface area contributed by atoms with Crippen molar-refractivity contribution in [2.45, 2.75) is 32.1 Å². The first kappa shape index (κ1) is 18.1. The van der Waals surface area contributed by atoms with Crippen LogP contribution in [-0.4, -0.2) is 18.5 Å². The summed E-state index contributed by atoms with van der Waals surface area (Å²) >= 11 is 1.42. The number of hydrogen-bond acceptors (Lipinski definition) is 5. The molecule has 0 unspecified atom stereocenters. The van der Waals surface area contributed by atoms with Gasteiger partial charge in [-0.1, -0.05) is 6.42 Å². The van der Waals surface area contributed by atoms with Gasteiger partial charge in [0.05, 0.1) is 11.1 Å². The molecule has 0 radical (unpaired) electrons. The number of ether oxygens (including phenoxy) is 1. The Labute approximate surface area is 154 Å². The molecule has 0 fully saturated rings. The molecule has 1 aromatic carbocycles. The summed E-state index contributed by atoms with van der Waals surface area (Å²) in [6.07, 6.45) is 5.05. The van der Waals surface area contributed by atoms with Crippen molar-refractivity contribution in [3.8, 4) is 6.07 Å².